The number of hydrogen-bond donors (Lipinski definition) is 6. The molecule has 0 amide bonds. The number of hydrogen-bond acceptors (Lipinski definition) is 10. The average Bonchev–Trinajstić information content (AvgIpc) is 3.44. The number of aryl methyl sites for hydroxylation is 6. The van der Waals surface area contributed by atoms with E-state index in [1.807, 2.05) is 36.4 Å². The van der Waals surface area contributed by atoms with E-state index < -0.39 is 48.0 Å². The van der Waals surface area contributed by atoms with Crippen LogP contribution in [0.15, 0.2) is 204 Å². The van der Waals surface area contributed by atoms with Gasteiger partial charge in [-0.05, 0) is 193 Å². The zero-order valence-electron chi connectivity index (χ0n) is 42.7. The maximum atomic E-state index is 12.6. The van der Waals surface area contributed by atoms with Crippen LogP contribution in [-0.4, -0.2) is 71.8 Å². The standard InChI is InChI=1S/C22H21NO5S.C21H18ClNO4S.C16H17NO4S/c1-28-20-10-12-21(13-11-20)29(26,27)23-19-7-3-5-17(15-19)9-8-16-4-2-6-18(14-16)22(24)25;22-18-9-11-20(12-10-18)28(26,27)23-19-6-2-4-16(14-19)8-7-15-3-1-5-17(13-15)21(24)25;1-22(20,21)17-15-7-3-5-13(11-15)9-8-12-4-2-6-14(10-12)16(18)19/h2-7,10-15,23H,8-9H2,1H3,(H,24,25);1-6,9-14,23H,7-8H2,(H,24,25);2-7,10-11,17H,8-9H2,1H3,(H,18,19). The van der Waals surface area contributed by atoms with Crippen LogP contribution >= 0.6 is 11.6 Å². The van der Waals surface area contributed by atoms with Gasteiger partial charge in [-0.1, -0.05) is 84.4 Å². The SMILES string of the molecule is COc1ccc(S(=O)(=O)Nc2cccc(CCc3cccc(C(=O)O)c3)c2)cc1.CS(=O)(=O)Nc1cccc(CCc2cccc(C(=O)O)c2)c1.O=C(O)c1cccc(CCc2cccc(NS(=O)(=O)c3ccc(Cl)cc3)c2)c1. The molecule has 410 valence electrons. The molecule has 0 spiro atoms. The molecule has 0 bridgehead atoms. The zero-order chi connectivity index (χ0) is 57.2. The van der Waals surface area contributed by atoms with Gasteiger partial charge < -0.3 is 20.1 Å². The number of benzene rings is 8. The highest BCUT2D eigenvalue weighted by molar-refractivity contribution is 7.93. The summed E-state index contributed by atoms with van der Waals surface area (Å²) in [5.41, 5.74) is 7.86. The third-order valence-electron chi connectivity index (χ3n) is 11.7. The summed E-state index contributed by atoms with van der Waals surface area (Å²) in [6.45, 7) is 0. The van der Waals surface area contributed by atoms with Crippen LogP contribution in [0.1, 0.15) is 64.5 Å². The van der Waals surface area contributed by atoms with Gasteiger partial charge >= 0.3 is 17.9 Å². The van der Waals surface area contributed by atoms with Gasteiger partial charge in [-0.3, -0.25) is 14.2 Å². The molecule has 0 saturated carbocycles. The van der Waals surface area contributed by atoms with Crippen molar-refractivity contribution in [2.75, 3.05) is 27.5 Å². The van der Waals surface area contributed by atoms with Gasteiger partial charge in [-0.15, -0.1) is 0 Å². The number of ether oxygens (including phenoxy) is 1. The van der Waals surface area contributed by atoms with Gasteiger partial charge in [0.05, 0.1) is 39.8 Å². The van der Waals surface area contributed by atoms with Crippen LogP contribution in [0.4, 0.5) is 17.1 Å². The lowest BCUT2D eigenvalue weighted by Gasteiger charge is -2.10. The Labute approximate surface area is 464 Å². The van der Waals surface area contributed by atoms with Crippen LogP contribution in [-0.2, 0) is 68.6 Å². The largest absolute Gasteiger partial charge is 0.497 e. The minimum Gasteiger partial charge on any atom is -0.497 e. The molecule has 8 rings (SSSR count). The number of methoxy groups -OCH3 is 1. The van der Waals surface area contributed by atoms with E-state index in [1.165, 1.54) is 43.5 Å². The Balaban J connectivity index is 0.000000193. The number of nitrogens with one attached hydrogen (secondary N) is 3. The number of anilines is 3. The predicted molar refractivity (Wildman–Crippen MR) is 306 cm³/mol. The summed E-state index contributed by atoms with van der Waals surface area (Å²) in [5, 5.41) is 27.6. The van der Waals surface area contributed by atoms with Crippen molar-refractivity contribution in [1.29, 1.82) is 0 Å². The molecular formula is C59H56ClN3O13S3. The third-order valence-corrected chi connectivity index (χ3v) is 15.4. The third kappa shape index (κ3) is 19.5. The monoisotopic (exact) mass is 1150 g/mol. The van der Waals surface area contributed by atoms with Crippen LogP contribution < -0.4 is 18.9 Å². The lowest BCUT2D eigenvalue weighted by atomic mass is 10.0. The van der Waals surface area contributed by atoms with Gasteiger partial charge in [0, 0.05) is 22.1 Å². The predicted octanol–water partition coefficient (Wildman–Crippen LogP) is 11.1. The first-order chi connectivity index (χ1) is 37.5. The molecule has 8 aromatic carbocycles. The van der Waals surface area contributed by atoms with E-state index in [4.69, 9.17) is 31.7 Å². The molecule has 20 heteroatoms. The van der Waals surface area contributed by atoms with Crippen LogP contribution in [0.25, 0.3) is 0 Å². The fraction of sp³-hybridized carbons (Fsp3) is 0.136. The van der Waals surface area contributed by atoms with Gasteiger partial charge in [-0.2, -0.15) is 0 Å². The van der Waals surface area contributed by atoms with Crippen LogP contribution in [0.5, 0.6) is 5.75 Å². The average molecular weight is 1150 g/mol. The topological polar surface area (TPSA) is 260 Å². The molecule has 79 heavy (non-hydrogen) atoms. The Kier molecular flexibility index (Phi) is 21.0. The molecule has 0 aliphatic heterocycles. The summed E-state index contributed by atoms with van der Waals surface area (Å²) in [6, 6.07) is 54.0. The van der Waals surface area contributed by atoms with E-state index in [2.05, 4.69) is 14.2 Å². The van der Waals surface area contributed by atoms with Gasteiger partial charge in [0.15, 0.2) is 0 Å². The maximum Gasteiger partial charge on any atom is 0.335 e. The highest BCUT2D eigenvalue weighted by atomic mass is 35.5. The minimum atomic E-state index is -3.71. The summed E-state index contributed by atoms with van der Waals surface area (Å²) >= 11 is 5.81. The van der Waals surface area contributed by atoms with Gasteiger partial charge in [0.2, 0.25) is 10.0 Å². The number of rotatable bonds is 21. The summed E-state index contributed by atoms with van der Waals surface area (Å²) in [5.74, 6) is -2.28. The number of carboxylic acid groups (broad SMARTS) is 3. The molecule has 0 unspecified atom stereocenters. The summed E-state index contributed by atoms with van der Waals surface area (Å²) in [6.07, 6.45) is 5.09. The fourth-order valence-corrected chi connectivity index (χ4v) is 10.6. The summed E-state index contributed by atoms with van der Waals surface area (Å²) in [7, 11) is -9.18. The first-order valence-corrected chi connectivity index (χ1v) is 29.4. The minimum absolute atomic E-state index is 0.132. The number of carbonyl (C=O) groups is 3. The maximum absolute atomic E-state index is 12.6. The summed E-state index contributed by atoms with van der Waals surface area (Å²) in [4.78, 5) is 33.4. The molecule has 0 aromatic heterocycles. The van der Waals surface area contributed by atoms with Gasteiger partial charge in [0.25, 0.3) is 20.0 Å². The van der Waals surface area contributed by atoms with Crippen molar-refractivity contribution in [1.82, 2.24) is 0 Å². The first-order valence-electron chi connectivity index (χ1n) is 24.2. The number of carboxylic acids is 3. The van der Waals surface area contributed by atoms with Crippen molar-refractivity contribution < 1.29 is 59.7 Å². The van der Waals surface area contributed by atoms with Crippen LogP contribution in [0.2, 0.25) is 5.02 Å². The van der Waals surface area contributed by atoms with Crippen molar-refractivity contribution in [2.24, 2.45) is 0 Å². The molecule has 0 radical (unpaired) electrons. The first kappa shape index (κ1) is 59.7. The van der Waals surface area contributed by atoms with Crippen molar-refractivity contribution in [3.63, 3.8) is 0 Å². The van der Waals surface area contributed by atoms with Crippen LogP contribution in [0, 0.1) is 0 Å². The second-order valence-electron chi connectivity index (χ2n) is 17.8. The molecule has 6 N–H and O–H groups in total. The Hall–Kier alpha value is -8.49. The normalized spacial score (nSPS) is 11.1. The highest BCUT2D eigenvalue weighted by Gasteiger charge is 2.16. The van der Waals surface area contributed by atoms with E-state index in [0.29, 0.717) is 66.4 Å². The second-order valence-corrected chi connectivity index (χ2v) is 23.4. The van der Waals surface area contributed by atoms with E-state index in [0.717, 1.165) is 39.6 Å². The Bertz CT molecular complexity index is 3770. The number of aromatic carboxylic acids is 3. The summed E-state index contributed by atoms with van der Waals surface area (Å²) < 4.78 is 85.3. The molecule has 16 nitrogen and oxygen atoms in total. The molecule has 0 saturated heterocycles. The van der Waals surface area contributed by atoms with Crippen molar-refractivity contribution in [2.45, 2.75) is 48.3 Å². The van der Waals surface area contributed by atoms with E-state index >= 15 is 0 Å². The van der Waals surface area contributed by atoms with E-state index in [9.17, 15) is 39.6 Å². The molecule has 0 atom stereocenters. The van der Waals surface area contributed by atoms with E-state index in [-0.39, 0.29) is 26.5 Å². The molecule has 0 aliphatic carbocycles. The van der Waals surface area contributed by atoms with Crippen molar-refractivity contribution in [3.8, 4) is 5.75 Å². The highest BCUT2D eigenvalue weighted by Crippen LogP contribution is 2.23. The van der Waals surface area contributed by atoms with Crippen molar-refractivity contribution >= 4 is 76.6 Å². The zero-order valence-corrected chi connectivity index (χ0v) is 46.0. The Morgan fingerprint density at radius 2 is 0.684 bits per heavy atom. The van der Waals surface area contributed by atoms with Gasteiger partial charge in [0.1, 0.15) is 5.75 Å². The smallest absolute Gasteiger partial charge is 0.335 e. The van der Waals surface area contributed by atoms with Gasteiger partial charge in [-0.25, -0.2) is 39.6 Å². The number of sulfonamides is 3. The fourth-order valence-electron chi connectivity index (χ4n) is 7.83. The van der Waals surface area contributed by atoms with Crippen LogP contribution in [0.3, 0.4) is 0 Å². The second kappa shape index (κ2) is 27.7. The molecular weight excluding hydrogens is 1090 g/mol. The lowest BCUT2D eigenvalue weighted by Crippen LogP contribution is -2.13. The quantitative estimate of drug-likeness (QED) is 0.0392. The Morgan fingerprint density at radius 3 is 0.975 bits per heavy atom. The lowest BCUT2D eigenvalue weighted by molar-refractivity contribution is 0.0686. The molecule has 0 heterocycles. The molecule has 0 aliphatic rings. The van der Waals surface area contributed by atoms with Crippen molar-refractivity contribution in [3.05, 3.63) is 249 Å². The van der Waals surface area contributed by atoms with E-state index in [1.54, 1.807) is 121 Å². The number of halogens is 1. The molecule has 0 fully saturated rings. The molecule has 8 aromatic rings. The Morgan fingerprint density at radius 1 is 0.405 bits per heavy atom.